The minimum atomic E-state index is -0.644. The van der Waals surface area contributed by atoms with Crippen LogP contribution in [0.3, 0.4) is 0 Å². The third-order valence-electron chi connectivity index (χ3n) is 3.18. The Kier molecular flexibility index (Phi) is 4.58. The molecule has 110 valence electrons. The van der Waals surface area contributed by atoms with Crippen molar-refractivity contribution >= 4 is 11.6 Å². The second-order valence-corrected chi connectivity index (χ2v) is 4.98. The lowest BCUT2D eigenvalue weighted by Gasteiger charge is -2.18. The summed E-state index contributed by atoms with van der Waals surface area (Å²) in [4.78, 5) is 12.1. The third-order valence-corrected chi connectivity index (χ3v) is 3.18. The second-order valence-electron chi connectivity index (χ2n) is 4.98. The fraction of sp³-hybridized carbons (Fsp3) is 0.235. The molecule has 1 atom stereocenters. The van der Waals surface area contributed by atoms with Crippen molar-refractivity contribution in [3.8, 4) is 5.75 Å². The van der Waals surface area contributed by atoms with Gasteiger partial charge in [0.2, 0.25) is 0 Å². The molecule has 0 unspecified atom stereocenters. The first-order valence-electron chi connectivity index (χ1n) is 6.76. The number of carbonyl (C=O) groups excluding carboxylic acids is 1. The lowest BCUT2D eigenvalue weighted by atomic mass is 10.1. The van der Waals surface area contributed by atoms with Crippen LogP contribution in [0, 0.1) is 19.7 Å². The van der Waals surface area contributed by atoms with E-state index in [-0.39, 0.29) is 11.7 Å². The lowest BCUT2D eigenvalue weighted by molar-refractivity contribution is -0.122. The van der Waals surface area contributed by atoms with Gasteiger partial charge in [-0.25, -0.2) is 4.39 Å². The first-order valence-corrected chi connectivity index (χ1v) is 6.76. The zero-order valence-electron chi connectivity index (χ0n) is 12.3. The van der Waals surface area contributed by atoms with E-state index < -0.39 is 6.10 Å². The highest BCUT2D eigenvalue weighted by Gasteiger charge is 2.16. The molecule has 0 bridgehead atoms. The molecule has 0 aromatic heterocycles. The Morgan fingerprint density at radius 2 is 1.67 bits per heavy atom. The van der Waals surface area contributed by atoms with E-state index in [0.29, 0.717) is 5.69 Å². The molecule has 1 N–H and O–H groups in total. The molecule has 0 aliphatic rings. The summed E-state index contributed by atoms with van der Waals surface area (Å²) in [6.45, 7) is 5.56. The minimum Gasteiger partial charge on any atom is -0.480 e. The molecule has 2 aromatic rings. The van der Waals surface area contributed by atoms with Crippen LogP contribution in [0.5, 0.6) is 5.75 Å². The average Bonchev–Trinajstić information content (AvgIpc) is 2.45. The molecule has 0 radical (unpaired) electrons. The molecular weight excluding hydrogens is 269 g/mol. The summed E-state index contributed by atoms with van der Waals surface area (Å²) in [6.07, 6.45) is -0.644. The lowest BCUT2D eigenvalue weighted by Crippen LogP contribution is -2.30. The molecule has 0 saturated heterocycles. The van der Waals surface area contributed by atoms with Crippen LogP contribution >= 0.6 is 0 Å². The van der Waals surface area contributed by atoms with Gasteiger partial charge < -0.3 is 10.1 Å². The van der Waals surface area contributed by atoms with Gasteiger partial charge in [0, 0.05) is 5.69 Å². The number of carbonyl (C=O) groups is 1. The number of anilines is 1. The quantitative estimate of drug-likeness (QED) is 0.927. The van der Waals surface area contributed by atoms with Gasteiger partial charge in [-0.3, -0.25) is 4.79 Å². The molecular formula is C17H18FNO2. The number of amides is 1. The van der Waals surface area contributed by atoms with Crippen LogP contribution in [-0.4, -0.2) is 12.0 Å². The maximum Gasteiger partial charge on any atom is 0.265 e. The molecule has 0 saturated carbocycles. The predicted octanol–water partition coefficient (Wildman–Crippen LogP) is 3.85. The molecule has 1 amide bonds. The van der Waals surface area contributed by atoms with E-state index in [4.69, 9.17) is 4.74 Å². The highest BCUT2D eigenvalue weighted by Crippen LogP contribution is 2.23. The van der Waals surface area contributed by atoms with Crippen molar-refractivity contribution in [2.24, 2.45) is 0 Å². The molecule has 0 fully saturated rings. The Labute approximate surface area is 123 Å². The predicted molar refractivity (Wildman–Crippen MR) is 81.0 cm³/mol. The number of halogens is 1. The number of hydrogen-bond donors (Lipinski definition) is 1. The van der Waals surface area contributed by atoms with Crippen LogP contribution < -0.4 is 10.1 Å². The van der Waals surface area contributed by atoms with Gasteiger partial charge in [-0.2, -0.15) is 0 Å². The highest BCUT2D eigenvalue weighted by atomic mass is 19.1. The Morgan fingerprint density at radius 3 is 2.24 bits per heavy atom. The molecule has 2 aromatic carbocycles. The van der Waals surface area contributed by atoms with E-state index in [2.05, 4.69) is 5.32 Å². The zero-order valence-corrected chi connectivity index (χ0v) is 12.3. The van der Waals surface area contributed by atoms with Crippen LogP contribution in [0.1, 0.15) is 18.1 Å². The normalized spacial score (nSPS) is 11.8. The van der Waals surface area contributed by atoms with Gasteiger partial charge in [0.05, 0.1) is 0 Å². The van der Waals surface area contributed by atoms with E-state index in [0.717, 1.165) is 16.9 Å². The number of ether oxygens (including phenoxy) is 1. The minimum absolute atomic E-state index is 0.274. The summed E-state index contributed by atoms with van der Waals surface area (Å²) in [5, 5.41) is 2.70. The van der Waals surface area contributed by atoms with Crippen molar-refractivity contribution in [1.82, 2.24) is 0 Å². The molecule has 21 heavy (non-hydrogen) atoms. The molecule has 0 aliphatic carbocycles. The van der Waals surface area contributed by atoms with E-state index in [1.807, 2.05) is 32.0 Å². The summed E-state index contributed by atoms with van der Waals surface area (Å²) in [5.41, 5.74) is 2.51. The Hall–Kier alpha value is -2.36. The van der Waals surface area contributed by atoms with Gasteiger partial charge >= 0.3 is 0 Å². The van der Waals surface area contributed by atoms with Crippen LogP contribution in [0.15, 0.2) is 42.5 Å². The van der Waals surface area contributed by atoms with Crippen molar-refractivity contribution in [3.05, 3.63) is 59.4 Å². The molecule has 0 spiro atoms. The van der Waals surface area contributed by atoms with E-state index in [1.54, 1.807) is 6.92 Å². The molecule has 3 nitrogen and oxygen atoms in total. The summed E-state index contributed by atoms with van der Waals surface area (Å²) in [7, 11) is 0. The van der Waals surface area contributed by atoms with Crippen LogP contribution in [0.25, 0.3) is 0 Å². The number of benzene rings is 2. The van der Waals surface area contributed by atoms with Crippen LogP contribution in [0.4, 0.5) is 10.1 Å². The number of hydrogen-bond acceptors (Lipinski definition) is 2. The van der Waals surface area contributed by atoms with Crippen molar-refractivity contribution in [3.63, 3.8) is 0 Å². The molecule has 4 heteroatoms. The van der Waals surface area contributed by atoms with Crippen LogP contribution in [0.2, 0.25) is 0 Å². The third kappa shape index (κ3) is 3.81. The number of nitrogens with one attached hydrogen (secondary N) is 1. The fourth-order valence-electron chi connectivity index (χ4n) is 1.99. The Balaban J connectivity index is 2.04. The van der Waals surface area contributed by atoms with Gasteiger partial charge in [-0.1, -0.05) is 18.2 Å². The molecule has 2 rings (SSSR count). The summed E-state index contributed by atoms with van der Waals surface area (Å²) < 4.78 is 18.6. The summed E-state index contributed by atoms with van der Waals surface area (Å²) in [6, 6.07) is 11.4. The van der Waals surface area contributed by atoms with Gasteiger partial charge in [0.25, 0.3) is 5.91 Å². The maximum absolute atomic E-state index is 12.8. The van der Waals surface area contributed by atoms with Crippen LogP contribution in [-0.2, 0) is 4.79 Å². The first-order chi connectivity index (χ1) is 9.97. The Bertz CT molecular complexity index is 617. The van der Waals surface area contributed by atoms with Crippen molar-refractivity contribution in [1.29, 1.82) is 0 Å². The summed E-state index contributed by atoms with van der Waals surface area (Å²) >= 11 is 0. The largest absolute Gasteiger partial charge is 0.480 e. The van der Waals surface area contributed by atoms with E-state index in [9.17, 15) is 9.18 Å². The topological polar surface area (TPSA) is 38.3 Å². The van der Waals surface area contributed by atoms with Gasteiger partial charge in [0.15, 0.2) is 6.10 Å². The Morgan fingerprint density at radius 1 is 1.10 bits per heavy atom. The van der Waals surface area contributed by atoms with Crippen molar-refractivity contribution in [2.45, 2.75) is 26.9 Å². The average molecular weight is 287 g/mol. The second kappa shape index (κ2) is 6.39. The van der Waals surface area contributed by atoms with E-state index in [1.165, 1.54) is 24.3 Å². The maximum atomic E-state index is 12.8. The zero-order chi connectivity index (χ0) is 15.4. The van der Waals surface area contributed by atoms with Gasteiger partial charge in [0.1, 0.15) is 11.6 Å². The van der Waals surface area contributed by atoms with E-state index >= 15 is 0 Å². The highest BCUT2D eigenvalue weighted by molar-refractivity contribution is 5.94. The van der Waals surface area contributed by atoms with Crippen molar-refractivity contribution < 1.29 is 13.9 Å². The standard InChI is InChI=1S/C17H18FNO2/c1-11-5-4-6-12(2)16(11)21-13(3)17(20)19-15-9-7-14(18)8-10-15/h4-10,13H,1-3H3,(H,19,20)/t13-/m1/s1. The van der Waals surface area contributed by atoms with Gasteiger partial charge in [-0.05, 0) is 56.2 Å². The smallest absolute Gasteiger partial charge is 0.265 e. The number of aryl methyl sites for hydroxylation is 2. The number of para-hydroxylation sites is 1. The molecule has 0 heterocycles. The summed E-state index contributed by atoms with van der Waals surface area (Å²) in [5.74, 6) is 0.108. The SMILES string of the molecule is Cc1cccc(C)c1O[C@H](C)C(=O)Nc1ccc(F)cc1. The first kappa shape index (κ1) is 15.0. The van der Waals surface area contributed by atoms with Gasteiger partial charge in [-0.15, -0.1) is 0 Å². The van der Waals surface area contributed by atoms with Crippen molar-refractivity contribution in [2.75, 3.05) is 5.32 Å². The molecule has 0 aliphatic heterocycles. The fourth-order valence-corrected chi connectivity index (χ4v) is 1.99. The number of rotatable bonds is 4. The monoisotopic (exact) mass is 287 g/mol.